The third-order valence-electron chi connectivity index (χ3n) is 4.15. The van der Waals surface area contributed by atoms with E-state index in [1.54, 1.807) is 61.2 Å². The predicted octanol–water partition coefficient (Wildman–Crippen LogP) is 0.587. The maximum absolute atomic E-state index is 12.8. The Morgan fingerprint density at radius 1 is 1.32 bits per heavy atom. The molecule has 1 saturated heterocycles. The van der Waals surface area contributed by atoms with E-state index in [9.17, 15) is 9.59 Å². The van der Waals surface area contributed by atoms with Gasteiger partial charge in [0.25, 0.3) is 11.8 Å². The van der Waals surface area contributed by atoms with Gasteiger partial charge in [-0.05, 0) is 25.1 Å². The average Bonchev–Trinajstić information content (AvgIpc) is 3.15. The Morgan fingerprint density at radius 2 is 2.12 bits per heavy atom. The SMILES string of the molecule is CN(C)C(=O)[C@]1(C)CN(C(=O)c2ccc(-n3cccn3)nc2)CCO1. The minimum absolute atomic E-state index is 0.155. The molecule has 1 aliphatic rings. The molecule has 2 amide bonds. The Kier molecular flexibility index (Phi) is 4.54. The largest absolute Gasteiger partial charge is 0.362 e. The summed E-state index contributed by atoms with van der Waals surface area (Å²) in [5.74, 6) is 0.314. The van der Waals surface area contributed by atoms with Crippen LogP contribution in [0.1, 0.15) is 17.3 Å². The van der Waals surface area contributed by atoms with E-state index < -0.39 is 5.60 Å². The van der Waals surface area contributed by atoms with E-state index in [2.05, 4.69) is 10.1 Å². The highest BCUT2D eigenvalue weighted by Crippen LogP contribution is 2.21. The van der Waals surface area contributed by atoms with Crippen molar-refractivity contribution in [1.29, 1.82) is 0 Å². The lowest BCUT2D eigenvalue weighted by atomic mass is 10.0. The quantitative estimate of drug-likeness (QED) is 0.815. The molecule has 1 atom stereocenters. The van der Waals surface area contributed by atoms with E-state index in [0.717, 1.165) is 0 Å². The summed E-state index contributed by atoms with van der Waals surface area (Å²) in [4.78, 5) is 32.5. The van der Waals surface area contributed by atoms with Gasteiger partial charge in [-0.25, -0.2) is 9.67 Å². The van der Waals surface area contributed by atoms with Crippen LogP contribution in [0.3, 0.4) is 0 Å². The van der Waals surface area contributed by atoms with Crippen molar-refractivity contribution in [2.24, 2.45) is 0 Å². The molecule has 2 aromatic heterocycles. The lowest BCUT2D eigenvalue weighted by Gasteiger charge is -2.40. The lowest BCUT2D eigenvalue weighted by Crippen LogP contribution is -2.59. The Labute approximate surface area is 146 Å². The van der Waals surface area contributed by atoms with Crippen LogP contribution in [0.5, 0.6) is 0 Å². The van der Waals surface area contributed by atoms with Crippen LogP contribution in [0.4, 0.5) is 0 Å². The van der Waals surface area contributed by atoms with Gasteiger partial charge in [0.1, 0.15) is 0 Å². The third-order valence-corrected chi connectivity index (χ3v) is 4.15. The molecule has 8 heteroatoms. The van der Waals surface area contributed by atoms with E-state index in [4.69, 9.17) is 4.74 Å². The first-order chi connectivity index (χ1) is 11.9. The van der Waals surface area contributed by atoms with Crippen LogP contribution in [0.15, 0.2) is 36.8 Å². The Bertz CT molecular complexity index is 757. The topological polar surface area (TPSA) is 80.6 Å². The van der Waals surface area contributed by atoms with Gasteiger partial charge in [0, 0.05) is 39.2 Å². The zero-order valence-electron chi connectivity index (χ0n) is 14.5. The fourth-order valence-corrected chi connectivity index (χ4v) is 2.88. The Hall–Kier alpha value is -2.74. The van der Waals surface area contributed by atoms with Crippen molar-refractivity contribution in [3.05, 3.63) is 42.4 Å². The van der Waals surface area contributed by atoms with Gasteiger partial charge in [0.2, 0.25) is 0 Å². The number of rotatable bonds is 3. The zero-order chi connectivity index (χ0) is 18.0. The van der Waals surface area contributed by atoms with Gasteiger partial charge in [-0.15, -0.1) is 0 Å². The van der Waals surface area contributed by atoms with Crippen molar-refractivity contribution in [3.63, 3.8) is 0 Å². The molecular formula is C17H21N5O3. The molecule has 0 radical (unpaired) electrons. The minimum atomic E-state index is -1.03. The van der Waals surface area contributed by atoms with Crippen LogP contribution in [0.25, 0.3) is 5.82 Å². The minimum Gasteiger partial charge on any atom is -0.362 e. The molecule has 0 aromatic carbocycles. The normalized spacial score (nSPS) is 20.4. The molecule has 0 saturated carbocycles. The van der Waals surface area contributed by atoms with Gasteiger partial charge in [0.15, 0.2) is 11.4 Å². The second-order valence-electron chi connectivity index (χ2n) is 6.36. The zero-order valence-corrected chi connectivity index (χ0v) is 14.5. The number of morpholine rings is 1. The van der Waals surface area contributed by atoms with Crippen molar-refractivity contribution in [2.45, 2.75) is 12.5 Å². The Morgan fingerprint density at radius 3 is 2.72 bits per heavy atom. The van der Waals surface area contributed by atoms with Gasteiger partial charge >= 0.3 is 0 Å². The number of nitrogens with zero attached hydrogens (tertiary/aromatic N) is 5. The average molecular weight is 343 g/mol. The number of hydrogen-bond donors (Lipinski definition) is 0. The third kappa shape index (κ3) is 3.39. The highest BCUT2D eigenvalue weighted by Gasteiger charge is 2.41. The fourth-order valence-electron chi connectivity index (χ4n) is 2.88. The summed E-state index contributed by atoms with van der Waals surface area (Å²) in [6.07, 6.45) is 4.97. The number of likely N-dealkylation sites (N-methyl/N-ethyl adjacent to an activating group) is 1. The number of amides is 2. The molecule has 0 spiro atoms. The van der Waals surface area contributed by atoms with Gasteiger partial charge in [-0.3, -0.25) is 9.59 Å². The number of pyridine rings is 1. The summed E-state index contributed by atoms with van der Waals surface area (Å²) in [5.41, 5.74) is -0.558. The van der Waals surface area contributed by atoms with Crippen molar-refractivity contribution in [2.75, 3.05) is 33.8 Å². The lowest BCUT2D eigenvalue weighted by molar-refractivity contribution is -0.162. The number of carbonyl (C=O) groups excluding carboxylic acids is 2. The number of carbonyl (C=O) groups is 2. The molecule has 1 fully saturated rings. The molecule has 0 bridgehead atoms. The second-order valence-corrected chi connectivity index (χ2v) is 6.36. The van der Waals surface area contributed by atoms with E-state index in [0.29, 0.717) is 24.5 Å². The van der Waals surface area contributed by atoms with E-state index in [-0.39, 0.29) is 18.4 Å². The number of aromatic nitrogens is 3. The van der Waals surface area contributed by atoms with Gasteiger partial charge in [-0.1, -0.05) is 0 Å². The summed E-state index contributed by atoms with van der Waals surface area (Å²) in [5, 5.41) is 4.11. The van der Waals surface area contributed by atoms with Crippen molar-refractivity contribution >= 4 is 11.8 Å². The summed E-state index contributed by atoms with van der Waals surface area (Å²) >= 11 is 0. The summed E-state index contributed by atoms with van der Waals surface area (Å²) < 4.78 is 7.28. The molecule has 0 aliphatic carbocycles. The van der Waals surface area contributed by atoms with Crippen LogP contribution in [0, 0.1) is 0 Å². The molecule has 3 heterocycles. The van der Waals surface area contributed by atoms with Gasteiger partial charge in [0.05, 0.1) is 18.7 Å². The smallest absolute Gasteiger partial charge is 0.255 e. The first kappa shape index (κ1) is 17.1. The van der Waals surface area contributed by atoms with Crippen LogP contribution >= 0.6 is 0 Å². The molecule has 2 aromatic rings. The van der Waals surface area contributed by atoms with E-state index in [1.807, 2.05) is 0 Å². The highest BCUT2D eigenvalue weighted by atomic mass is 16.5. The van der Waals surface area contributed by atoms with Crippen molar-refractivity contribution in [1.82, 2.24) is 24.6 Å². The molecule has 1 aliphatic heterocycles. The molecule has 0 N–H and O–H groups in total. The first-order valence-electron chi connectivity index (χ1n) is 8.02. The van der Waals surface area contributed by atoms with E-state index >= 15 is 0 Å². The monoisotopic (exact) mass is 343 g/mol. The molecule has 8 nitrogen and oxygen atoms in total. The maximum Gasteiger partial charge on any atom is 0.255 e. The van der Waals surface area contributed by atoms with Crippen molar-refractivity contribution in [3.8, 4) is 5.82 Å². The fraction of sp³-hybridized carbons (Fsp3) is 0.412. The van der Waals surface area contributed by atoms with Crippen LogP contribution in [-0.2, 0) is 9.53 Å². The van der Waals surface area contributed by atoms with Gasteiger partial charge in [-0.2, -0.15) is 5.10 Å². The number of hydrogen-bond acceptors (Lipinski definition) is 5. The molecule has 25 heavy (non-hydrogen) atoms. The molecule has 3 rings (SSSR count). The maximum atomic E-state index is 12.8. The van der Waals surface area contributed by atoms with Crippen LogP contribution in [-0.4, -0.2) is 75.8 Å². The molecular weight excluding hydrogens is 322 g/mol. The van der Waals surface area contributed by atoms with E-state index in [1.165, 1.54) is 11.1 Å². The highest BCUT2D eigenvalue weighted by molar-refractivity contribution is 5.95. The Balaban J connectivity index is 1.75. The summed E-state index contributed by atoms with van der Waals surface area (Å²) in [6, 6.07) is 5.26. The molecule has 132 valence electrons. The summed E-state index contributed by atoms with van der Waals surface area (Å²) in [7, 11) is 3.35. The standard InChI is InChI=1S/C17H21N5O3/c1-17(16(24)20(2)3)12-21(9-10-25-17)15(23)13-5-6-14(18-11-13)22-8-4-7-19-22/h4-8,11H,9-10,12H2,1-3H3/t17-/m0/s1. The van der Waals surface area contributed by atoms with Crippen molar-refractivity contribution < 1.29 is 14.3 Å². The predicted molar refractivity (Wildman–Crippen MR) is 90.3 cm³/mol. The van der Waals surface area contributed by atoms with Crippen LogP contribution in [0.2, 0.25) is 0 Å². The number of ether oxygens (including phenoxy) is 1. The first-order valence-corrected chi connectivity index (χ1v) is 8.02. The molecule has 0 unspecified atom stereocenters. The van der Waals surface area contributed by atoms with Crippen LogP contribution < -0.4 is 0 Å². The second kappa shape index (κ2) is 6.64. The van der Waals surface area contributed by atoms with Gasteiger partial charge < -0.3 is 14.5 Å². The summed E-state index contributed by atoms with van der Waals surface area (Å²) in [6.45, 7) is 2.69.